The second kappa shape index (κ2) is 9.38. The molecule has 0 atom stereocenters. The molecule has 1 aromatic carbocycles. The molecule has 4 N–H and O–H groups in total. The van der Waals surface area contributed by atoms with Gasteiger partial charge in [-0.1, -0.05) is 19.3 Å². The smallest absolute Gasteiger partial charge is 0.128 e. The van der Waals surface area contributed by atoms with Gasteiger partial charge in [0.2, 0.25) is 0 Å². The van der Waals surface area contributed by atoms with Crippen molar-refractivity contribution in [3.05, 3.63) is 42.6 Å². The highest BCUT2D eigenvalue weighted by Gasteiger charge is 2.22. The van der Waals surface area contributed by atoms with Gasteiger partial charge in [0.1, 0.15) is 5.82 Å². The SMILES string of the molecule is Nc1ccc(N2CCC(CCCC3CCN(c4ccc(N)cn4)CC3)CC2)cc1. The molecule has 2 aliphatic heterocycles. The molecule has 4 rings (SSSR count). The number of hydrogen-bond acceptors (Lipinski definition) is 5. The van der Waals surface area contributed by atoms with Gasteiger partial charge in [0.25, 0.3) is 0 Å². The zero-order chi connectivity index (χ0) is 20.1. The predicted octanol–water partition coefficient (Wildman–Crippen LogP) is 4.55. The number of anilines is 4. The van der Waals surface area contributed by atoms with Gasteiger partial charge in [-0.05, 0) is 73.9 Å². The molecule has 156 valence electrons. The summed E-state index contributed by atoms with van der Waals surface area (Å²) in [7, 11) is 0. The molecule has 0 saturated carbocycles. The fourth-order valence-corrected chi connectivity index (χ4v) is 4.90. The molecule has 2 aromatic rings. The van der Waals surface area contributed by atoms with Crippen molar-refractivity contribution in [2.45, 2.75) is 44.9 Å². The highest BCUT2D eigenvalue weighted by atomic mass is 15.2. The Bertz CT molecular complexity index is 676. The second-order valence-corrected chi connectivity index (χ2v) is 8.83. The van der Waals surface area contributed by atoms with Gasteiger partial charge in [-0.25, -0.2) is 4.98 Å². The third kappa shape index (κ3) is 5.34. The topological polar surface area (TPSA) is 71.4 Å². The summed E-state index contributed by atoms with van der Waals surface area (Å²) in [5.74, 6) is 2.86. The van der Waals surface area contributed by atoms with E-state index in [1.54, 1.807) is 6.20 Å². The van der Waals surface area contributed by atoms with Crippen LogP contribution in [0, 0.1) is 11.8 Å². The number of benzene rings is 1. The lowest BCUT2D eigenvalue weighted by Crippen LogP contribution is -2.34. The zero-order valence-corrected chi connectivity index (χ0v) is 17.5. The van der Waals surface area contributed by atoms with Crippen LogP contribution in [0.5, 0.6) is 0 Å². The number of aromatic nitrogens is 1. The Kier molecular flexibility index (Phi) is 6.43. The Balaban J connectivity index is 1.13. The van der Waals surface area contributed by atoms with Crippen LogP contribution in [0.25, 0.3) is 0 Å². The monoisotopic (exact) mass is 393 g/mol. The molecule has 0 amide bonds. The molecule has 5 heteroatoms. The average molecular weight is 394 g/mol. The van der Waals surface area contributed by atoms with Crippen molar-refractivity contribution in [1.82, 2.24) is 4.98 Å². The first-order chi connectivity index (χ1) is 14.2. The lowest BCUT2D eigenvalue weighted by molar-refractivity contribution is 0.325. The summed E-state index contributed by atoms with van der Waals surface area (Å²) in [4.78, 5) is 9.39. The molecule has 0 bridgehead atoms. The number of rotatable bonds is 6. The van der Waals surface area contributed by atoms with Gasteiger partial charge >= 0.3 is 0 Å². The molecule has 0 aliphatic carbocycles. The van der Waals surface area contributed by atoms with Crippen LogP contribution < -0.4 is 21.3 Å². The summed E-state index contributed by atoms with van der Waals surface area (Å²) in [6.45, 7) is 4.62. The van der Waals surface area contributed by atoms with E-state index in [1.807, 2.05) is 24.3 Å². The first kappa shape index (κ1) is 19.9. The van der Waals surface area contributed by atoms with E-state index in [1.165, 1.54) is 63.7 Å². The van der Waals surface area contributed by atoms with Crippen molar-refractivity contribution in [3.63, 3.8) is 0 Å². The van der Waals surface area contributed by atoms with E-state index in [9.17, 15) is 0 Å². The zero-order valence-electron chi connectivity index (χ0n) is 17.5. The number of pyridine rings is 1. The maximum absolute atomic E-state index is 5.81. The van der Waals surface area contributed by atoms with E-state index in [-0.39, 0.29) is 0 Å². The largest absolute Gasteiger partial charge is 0.399 e. The van der Waals surface area contributed by atoms with Crippen LogP contribution in [-0.2, 0) is 0 Å². The number of nitrogens with zero attached hydrogens (tertiary/aromatic N) is 3. The molecule has 3 heterocycles. The fourth-order valence-electron chi connectivity index (χ4n) is 4.90. The molecule has 2 fully saturated rings. The first-order valence-electron chi connectivity index (χ1n) is 11.2. The van der Waals surface area contributed by atoms with Crippen LogP contribution in [0.2, 0.25) is 0 Å². The third-order valence-electron chi connectivity index (χ3n) is 6.81. The van der Waals surface area contributed by atoms with Gasteiger partial charge in [0.15, 0.2) is 0 Å². The highest BCUT2D eigenvalue weighted by Crippen LogP contribution is 2.30. The Morgan fingerprint density at radius 1 is 0.724 bits per heavy atom. The van der Waals surface area contributed by atoms with Crippen LogP contribution in [-0.4, -0.2) is 31.2 Å². The number of nitrogens with two attached hydrogens (primary N) is 2. The molecule has 29 heavy (non-hydrogen) atoms. The number of hydrogen-bond donors (Lipinski definition) is 2. The second-order valence-electron chi connectivity index (χ2n) is 8.83. The highest BCUT2D eigenvalue weighted by molar-refractivity contribution is 5.53. The number of nitrogen functional groups attached to an aromatic ring is 2. The molecular weight excluding hydrogens is 358 g/mol. The summed E-state index contributed by atoms with van der Waals surface area (Å²) < 4.78 is 0. The average Bonchev–Trinajstić information content (AvgIpc) is 2.76. The van der Waals surface area contributed by atoms with Gasteiger partial charge in [0, 0.05) is 37.6 Å². The lowest BCUT2D eigenvalue weighted by Gasteiger charge is -2.35. The maximum atomic E-state index is 5.81. The molecular formula is C24H35N5. The Morgan fingerprint density at radius 2 is 1.28 bits per heavy atom. The Labute approximate surface area is 175 Å². The molecule has 0 spiro atoms. The Morgan fingerprint density at radius 3 is 1.83 bits per heavy atom. The quantitative estimate of drug-likeness (QED) is 0.705. The predicted molar refractivity (Wildman–Crippen MR) is 123 cm³/mol. The first-order valence-corrected chi connectivity index (χ1v) is 11.2. The van der Waals surface area contributed by atoms with E-state index in [0.29, 0.717) is 0 Å². The van der Waals surface area contributed by atoms with Crippen LogP contribution in [0.15, 0.2) is 42.6 Å². The minimum Gasteiger partial charge on any atom is -0.399 e. The summed E-state index contributed by atoms with van der Waals surface area (Å²) in [6.07, 6.45) is 11.2. The van der Waals surface area contributed by atoms with Gasteiger partial charge in [-0.2, -0.15) is 0 Å². The summed E-state index contributed by atoms with van der Waals surface area (Å²) >= 11 is 0. The molecule has 2 aliphatic rings. The minimum atomic E-state index is 0.739. The number of piperidine rings is 2. The molecule has 1 aromatic heterocycles. The van der Waals surface area contributed by atoms with Gasteiger partial charge in [-0.3, -0.25) is 0 Å². The molecule has 2 saturated heterocycles. The van der Waals surface area contributed by atoms with E-state index < -0.39 is 0 Å². The third-order valence-corrected chi connectivity index (χ3v) is 6.81. The lowest BCUT2D eigenvalue weighted by atomic mass is 9.86. The maximum Gasteiger partial charge on any atom is 0.128 e. The summed E-state index contributed by atoms with van der Waals surface area (Å²) in [5, 5.41) is 0. The summed E-state index contributed by atoms with van der Waals surface area (Å²) in [6, 6.07) is 12.3. The summed E-state index contributed by atoms with van der Waals surface area (Å²) in [5.41, 5.74) is 14.5. The van der Waals surface area contributed by atoms with Crippen LogP contribution >= 0.6 is 0 Å². The fraction of sp³-hybridized carbons (Fsp3) is 0.542. The van der Waals surface area contributed by atoms with E-state index in [4.69, 9.17) is 11.5 Å². The standard InChI is InChI=1S/C24H35N5/c25-21-4-7-23(8-5-21)28-14-10-19(11-15-28)2-1-3-20-12-16-29(17-13-20)24-9-6-22(26)18-27-24/h4-9,18-20H,1-3,10-17,25-26H2. The molecule has 0 radical (unpaired) electrons. The Hall–Kier alpha value is -2.43. The van der Waals surface area contributed by atoms with Crippen LogP contribution in [0.1, 0.15) is 44.9 Å². The minimum absolute atomic E-state index is 0.739. The van der Waals surface area contributed by atoms with E-state index in [0.717, 1.165) is 42.1 Å². The van der Waals surface area contributed by atoms with Crippen molar-refractivity contribution >= 4 is 22.9 Å². The van der Waals surface area contributed by atoms with E-state index in [2.05, 4.69) is 26.9 Å². The molecule has 5 nitrogen and oxygen atoms in total. The van der Waals surface area contributed by atoms with Crippen molar-refractivity contribution in [2.24, 2.45) is 11.8 Å². The van der Waals surface area contributed by atoms with Crippen molar-refractivity contribution < 1.29 is 0 Å². The van der Waals surface area contributed by atoms with Gasteiger partial charge < -0.3 is 21.3 Å². The van der Waals surface area contributed by atoms with Crippen molar-refractivity contribution in [2.75, 3.05) is 47.4 Å². The van der Waals surface area contributed by atoms with Gasteiger partial charge in [0.05, 0.1) is 11.9 Å². The van der Waals surface area contributed by atoms with Crippen molar-refractivity contribution in [1.29, 1.82) is 0 Å². The van der Waals surface area contributed by atoms with Gasteiger partial charge in [-0.15, -0.1) is 0 Å². The van der Waals surface area contributed by atoms with Crippen LogP contribution in [0.4, 0.5) is 22.9 Å². The van der Waals surface area contributed by atoms with Crippen molar-refractivity contribution in [3.8, 4) is 0 Å². The normalized spacial score (nSPS) is 18.9. The molecule has 0 unspecified atom stereocenters. The van der Waals surface area contributed by atoms with E-state index >= 15 is 0 Å². The van der Waals surface area contributed by atoms with Crippen LogP contribution in [0.3, 0.4) is 0 Å².